The summed E-state index contributed by atoms with van der Waals surface area (Å²) in [6.45, 7) is 3.53. The van der Waals surface area contributed by atoms with Gasteiger partial charge in [-0.05, 0) is 55.8 Å². The maximum Gasteiger partial charge on any atom is 0.263 e. The van der Waals surface area contributed by atoms with E-state index in [4.69, 9.17) is 4.74 Å². The van der Waals surface area contributed by atoms with Crippen LogP contribution in [0.25, 0.3) is 0 Å². The number of hydrogen-bond donors (Lipinski definition) is 1. The molecule has 0 aliphatic carbocycles. The van der Waals surface area contributed by atoms with Gasteiger partial charge in [-0.15, -0.1) is 11.3 Å². The summed E-state index contributed by atoms with van der Waals surface area (Å²) in [5.74, 6) is -2.13. The van der Waals surface area contributed by atoms with Crippen molar-refractivity contribution in [2.24, 2.45) is 0 Å². The van der Waals surface area contributed by atoms with E-state index >= 15 is 0 Å². The number of aryl methyl sites for hydroxylation is 1. The molecule has 2 aromatic carbocycles. The average molecular weight is 406 g/mol. The third-order valence-electron chi connectivity index (χ3n) is 4.01. The van der Waals surface area contributed by atoms with Gasteiger partial charge < -0.3 is 10.1 Å². The molecule has 0 radical (unpaired) electrons. The molecule has 0 aliphatic heterocycles. The number of carbonyl (C=O) groups is 1. The highest BCUT2D eigenvalue weighted by Crippen LogP contribution is 2.22. The quantitative estimate of drug-likeness (QED) is 0.631. The van der Waals surface area contributed by atoms with E-state index < -0.39 is 17.7 Å². The van der Waals surface area contributed by atoms with E-state index in [2.05, 4.69) is 10.3 Å². The Hall–Kier alpha value is -2.87. The lowest BCUT2D eigenvalue weighted by Gasteiger charge is -2.14. The number of ether oxygens (including phenoxy) is 1. The molecule has 146 valence electrons. The van der Waals surface area contributed by atoms with Crippen molar-refractivity contribution in [3.8, 4) is 5.75 Å². The molecular formula is C20H17F3N2O2S. The first-order valence-corrected chi connectivity index (χ1v) is 9.25. The number of aromatic nitrogens is 1. The van der Waals surface area contributed by atoms with Gasteiger partial charge in [-0.2, -0.15) is 0 Å². The van der Waals surface area contributed by atoms with Crippen molar-refractivity contribution in [1.82, 2.24) is 10.3 Å². The van der Waals surface area contributed by atoms with Crippen LogP contribution in [0.2, 0.25) is 0 Å². The molecule has 0 saturated carbocycles. The second-order valence-corrected chi connectivity index (χ2v) is 7.22. The van der Waals surface area contributed by atoms with E-state index in [0.717, 1.165) is 12.1 Å². The van der Waals surface area contributed by atoms with Crippen LogP contribution in [0.3, 0.4) is 0 Å². The van der Waals surface area contributed by atoms with Gasteiger partial charge in [0, 0.05) is 0 Å². The molecule has 1 atom stereocenters. The zero-order valence-electron chi connectivity index (χ0n) is 15.1. The van der Waals surface area contributed by atoms with Gasteiger partial charge in [0.15, 0.2) is 11.6 Å². The first kappa shape index (κ1) is 19.9. The van der Waals surface area contributed by atoms with Gasteiger partial charge >= 0.3 is 0 Å². The summed E-state index contributed by atoms with van der Waals surface area (Å²) < 4.78 is 44.9. The van der Waals surface area contributed by atoms with Crippen molar-refractivity contribution >= 4 is 17.2 Å². The zero-order chi connectivity index (χ0) is 20.3. The molecule has 1 unspecified atom stereocenters. The van der Waals surface area contributed by atoms with Crippen molar-refractivity contribution in [3.05, 3.63) is 81.1 Å². The van der Waals surface area contributed by atoms with Crippen LogP contribution in [-0.2, 0) is 6.61 Å². The summed E-state index contributed by atoms with van der Waals surface area (Å²) in [5.41, 5.74) is 0.993. The Bertz CT molecular complexity index is 990. The molecule has 0 bridgehead atoms. The molecule has 3 aromatic rings. The molecule has 8 heteroatoms. The maximum absolute atomic E-state index is 13.4. The number of rotatable bonds is 6. The monoisotopic (exact) mass is 406 g/mol. The lowest BCUT2D eigenvalue weighted by Crippen LogP contribution is -2.26. The molecule has 4 nitrogen and oxygen atoms in total. The topological polar surface area (TPSA) is 51.2 Å². The van der Waals surface area contributed by atoms with Crippen LogP contribution in [0.1, 0.15) is 38.9 Å². The summed E-state index contributed by atoms with van der Waals surface area (Å²) in [6.07, 6.45) is 0. The smallest absolute Gasteiger partial charge is 0.263 e. The summed E-state index contributed by atoms with van der Waals surface area (Å²) in [5, 5.41) is 3.34. The van der Waals surface area contributed by atoms with Gasteiger partial charge in [-0.3, -0.25) is 4.79 Å². The molecule has 28 heavy (non-hydrogen) atoms. The Balaban J connectivity index is 1.65. The highest BCUT2D eigenvalue weighted by atomic mass is 32.1. The van der Waals surface area contributed by atoms with Crippen molar-refractivity contribution in [1.29, 1.82) is 0 Å². The lowest BCUT2D eigenvalue weighted by atomic mass is 10.1. The first-order valence-electron chi connectivity index (χ1n) is 8.44. The molecule has 1 aromatic heterocycles. The Kier molecular flexibility index (Phi) is 5.99. The number of thiazole rings is 1. The fourth-order valence-corrected chi connectivity index (χ4v) is 3.41. The fraction of sp³-hybridized carbons (Fsp3) is 0.200. The predicted octanol–water partition coefficient (Wildman–Crippen LogP) is 4.94. The van der Waals surface area contributed by atoms with Crippen LogP contribution < -0.4 is 10.1 Å². The van der Waals surface area contributed by atoms with Crippen LogP contribution in [0.15, 0.2) is 42.5 Å². The normalized spacial score (nSPS) is 11.9. The Morgan fingerprint density at radius 1 is 1.14 bits per heavy atom. The first-order chi connectivity index (χ1) is 13.3. The molecule has 1 amide bonds. The number of amides is 1. The Labute approximate surface area is 164 Å². The largest absolute Gasteiger partial charge is 0.486 e. The maximum atomic E-state index is 13.4. The number of carbonyl (C=O) groups excluding carboxylic acids is 1. The van der Waals surface area contributed by atoms with Gasteiger partial charge in [0.1, 0.15) is 28.1 Å². The highest BCUT2D eigenvalue weighted by molar-refractivity contribution is 7.13. The van der Waals surface area contributed by atoms with Gasteiger partial charge in [0.2, 0.25) is 0 Å². The third kappa shape index (κ3) is 4.69. The number of hydrogen-bond acceptors (Lipinski definition) is 4. The predicted molar refractivity (Wildman–Crippen MR) is 99.8 cm³/mol. The van der Waals surface area contributed by atoms with E-state index in [-0.39, 0.29) is 18.3 Å². The van der Waals surface area contributed by atoms with Crippen LogP contribution in [0, 0.1) is 24.4 Å². The average Bonchev–Trinajstić information content (AvgIpc) is 3.04. The van der Waals surface area contributed by atoms with Crippen molar-refractivity contribution in [2.75, 3.05) is 0 Å². The SMILES string of the molecule is Cc1nc(COc2ccc(F)cc2)sc1C(=O)NC(C)c1ccc(F)c(F)c1. The number of benzene rings is 2. The summed E-state index contributed by atoms with van der Waals surface area (Å²) in [6, 6.07) is 8.59. The molecule has 3 rings (SSSR count). The lowest BCUT2D eigenvalue weighted by molar-refractivity contribution is 0.0943. The summed E-state index contributed by atoms with van der Waals surface area (Å²) in [7, 11) is 0. The van der Waals surface area contributed by atoms with Crippen molar-refractivity contribution in [3.63, 3.8) is 0 Å². The summed E-state index contributed by atoms with van der Waals surface area (Å²) >= 11 is 1.18. The molecule has 0 saturated heterocycles. The minimum atomic E-state index is -0.965. The van der Waals surface area contributed by atoms with Crippen LogP contribution in [-0.4, -0.2) is 10.9 Å². The Morgan fingerprint density at radius 2 is 1.86 bits per heavy atom. The van der Waals surface area contributed by atoms with Crippen molar-refractivity contribution in [2.45, 2.75) is 26.5 Å². The molecule has 1 heterocycles. The van der Waals surface area contributed by atoms with Crippen molar-refractivity contribution < 1.29 is 22.7 Å². The minimum absolute atomic E-state index is 0.142. The number of halogens is 3. The van der Waals surface area contributed by atoms with Crippen LogP contribution in [0.4, 0.5) is 13.2 Å². The third-order valence-corrected chi connectivity index (χ3v) is 5.14. The van der Waals surface area contributed by atoms with Gasteiger partial charge in [0.05, 0.1) is 11.7 Å². The molecule has 0 fully saturated rings. The number of nitrogens with zero attached hydrogens (tertiary/aromatic N) is 1. The molecule has 0 aliphatic rings. The Morgan fingerprint density at radius 3 is 2.54 bits per heavy atom. The van der Waals surface area contributed by atoms with Crippen LogP contribution >= 0.6 is 11.3 Å². The van der Waals surface area contributed by atoms with Gasteiger partial charge in [0.25, 0.3) is 5.91 Å². The zero-order valence-corrected chi connectivity index (χ0v) is 15.9. The van der Waals surface area contributed by atoms with E-state index in [1.807, 2.05) is 0 Å². The van der Waals surface area contributed by atoms with Crippen LogP contribution in [0.5, 0.6) is 5.75 Å². The van der Waals surface area contributed by atoms with Gasteiger partial charge in [-0.25, -0.2) is 18.2 Å². The molecule has 1 N–H and O–H groups in total. The second kappa shape index (κ2) is 8.43. The summed E-state index contributed by atoms with van der Waals surface area (Å²) in [4.78, 5) is 17.3. The van der Waals surface area contributed by atoms with Gasteiger partial charge in [-0.1, -0.05) is 6.07 Å². The number of nitrogens with one attached hydrogen (secondary N) is 1. The molecule has 0 spiro atoms. The highest BCUT2D eigenvalue weighted by Gasteiger charge is 2.19. The molecular weight excluding hydrogens is 389 g/mol. The van der Waals surface area contributed by atoms with E-state index in [1.165, 1.54) is 41.7 Å². The second-order valence-electron chi connectivity index (χ2n) is 6.13. The fourth-order valence-electron chi connectivity index (χ4n) is 2.53. The van der Waals surface area contributed by atoms with E-state index in [0.29, 0.717) is 26.9 Å². The minimum Gasteiger partial charge on any atom is -0.486 e. The standard InChI is InChI=1S/C20H17F3N2O2S/c1-11(13-3-8-16(22)17(23)9-13)25-20(26)19-12(2)24-18(28-19)10-27-15-6-4-14(21)5-7-15/h3-9,11H,10H2,1-2H3,(H,25,26). The van der Waals surface area contributed by atoms with E-state index in [1.54, 1.807) is 13.8 Å². The van der Waals surface area contributed by atoms with E-state index in [9.17, 15) is 18.0 Å².